The average molecular weight is 424 g/mol. The molecule has 0 bridgehead atoms. The molecule has 0 spiro atoms. The molecule has 9 heteroatoms. The van der Waals surface area contributed by atoms with E-state index in [0.717, 1.165) is 4.90 Å². The number of amides is 1. The number of hydrogen-bond acceptors (Lipinski definition) is 5. The number of carbonyl (C=O) groups is 1. The van der Waals surface area contributed by atoms with Gasteiger partial charge in [0.1, 0.15) is 11.5 Å². The monoisotopic (exact) mass is 423 g/mol. The third-order valence-electron chi connectivity index (χ3n) is 4.51. The van der Waals surface area contributed by atoms with Crippen molar-refractivity contribution >= 4 is 40.6 Å². The highest BCUT2D eigenvalue weighted by Gasteiger charge is 2.25. The lowest BCUT2D eigenvalue weighted by Crippen LogP contribution is -2.49. The predicted octanol–water partition coefficient (Wildman–Crippen LogP) is 4.22. The van der Waals surface area contributed by atoms with Gasteiger partial charge in [-0.2, -0.15) is 0 Å². The Morgan fingerprint density at radius 3 is 2.46 bits per heavy atom. The molecule has 3 rings (SSSR count). The topological polar surface area (TPSA) is 66.7 Å². The van der Waals surface area contributed by atoms with Crippen molar-refractivity contribution in [3.63, 3.8) is 0 Å². The molecule has 1 amide bonds. The van der Waals surface area contributed by atoms with Crippen LogP contribution in [-0.4, -0.2) is 47.7 Å². The van der Waals surface area contributed by atoms with Crippen LogP contribution in [0, 0.1) is 15.9 Å². The van der Waals surface area contributed by atoms with Crippen LogP contribution in [0.1, 0.15) is 6.42 Å². The number of anilines is 1. The molecule has 1 fully saturated rings. The zero-order chi connectivity index (χ0) is 20.1. The normalized spacial score (nSPS) is 14.2. The third-order valence-corrected chi connectivity index (χ3v) is 5.75. The summed E-state index contributed by atoms with van der Waals surface area (Å²) in [5, 5.41) is 11.6. The predicted molar refractivity (Wildman–Crippen MR) is 109 cm³/mol. The smallest absolute Gasteiger partial charge is 0.294 e. The Balaban J connectivity index is 1.50. The van der Waals surface area contributed by atoms with Gasteiger partial charge in [0.2, 0.25) is 5.91 Å². The molecule has 1 heterocycles. The molecule has 0 atom stereocenters. The Labute approximate surface area is 171 Å². The zero-order valence-electron chi connectivity index (χ0n) is 15.0. The van der Waals surface area contributed by atoms with Crippen molar-refractivity contribution in [3.8, 4) is 0 Å². The summed E-state index contributed by atoms with van der Waals surface area (Å²) in [4.78, 5) is 27.9. The number of nitro groups is 1. The molecule has 1 aliphatic rings. The zero-order valence-corrected chi connectivity index (χ0v) is 16.6. The van der Waals surface area contributed by atoms with E-state index in [1.165, 1.54) is 30.0 Å². The summed E-state index contributed by atoms with van der Waals surface area (Å²) >= 11 is 7.38. The van der Waals surface area contributed by atoms with Crippen LogP contribution in [0.5, 0.6) is 0 Å². The van der Waals surface area contributed by atoms with Gasteiger partial charge in [-0.1, -0.05) is 11.6 Å². The minimum absolute atomic E-state index is 0.0250. The second-order valence-electron chi connectivity index (χ2n) is 6.31. The summed E-state index contributed by atoms with van der Waals surface area (Å²) in [6, 6.07) is 10.8. The van der Waals surface area contributed by atoms with Gasteiger partial charge in [-0.25, -0.2) is 4.39 Å². The fourth-order valence-corrected chi connectivity index (χ4v) is 4.06. The van der Waals surface area contributed by atoms with Crippen LogP contribution in [-0.2, 0) is 4.79 Å². The number of benzene rings is 2. The van der Waals surface area contributed by atoms with Crippen molar-refractivity contribution in [2.24, 2.45) is 0 Å². The highest BCUT2D eigenvalue weighted by atomic mass is 35.5. The quantitative estimate of drug-likeness (QED) is 0.395. The molecule has 6 nitrogen and oxygen atoms in total. The molecule has 1 aliphatic heterocycles. The molecule has 0 unspecified atom stereocenters. The third kappa shape index (κ3) is 5.14. The van der Waals surface area contributed by atoms with Crippen LogP contribution in [0.2, 0.25) is 5.02 Å². The maximum atomic E-state index is 12.9. The summed E-state index contributed by atoms with van der Waals surface area (Å²) in [5.41, 5.74) is 0.497. The Kier molecular flexibility index (Phi) is 6.74. The Morgan fingerprint density at radius 1 is 1.14 bits per heavy atom. The van der Waals surface area contributed by atoms with E-state index in [4.69, 9.17) is 11.6 Å². The second-order valence-corrected chi connectivity index (χ2v) is 7.92. The van der Waals surface area contributed by atoms with E-state index in [1.54, 1.807) is 29.2 Å². The summed E-state index contributed by atoms with van der Waals surface area (Å²) in [5.74, 6) is 0.395. The molecule has 0 N–H and O–H groups in total. The highest BCUT2D eigenvalue weighted by Crippen LogP contribution is 2.31. The van der Waals surface area contributed by atoms with Crippen LogP contribution < -0.4 is 4.90 Å². The number of piperazine rings is 1. The fraction of sp³-hybridized carbons (Fsp3) is 0.316. The summed E-state index contributed by atoms with van der Waals surface area (Å²) in [7, 11) is 0. The van der Waals surface area contributed by atoms with E-state index in [9.17, 15) is 19.3 Å². The molecular formula is C19H19ClFN3O3S. The first kappa shape index (κ1) is 20.4. The lowest BCUT2D eigenvalue weighted by atomic mass is 10.2. The highest BCUT2D eigenvalue weighted by molar-refractivity contribution is 7.99. The molecule has 0 radical (unpaired) electrons. The van der Waals surface area contributed by atoms with Gasteiger partial charge in [0.25, 0.3) is 5.69 Å². The average Bonchev–Trinajstić information content (AvgIpc) is 2.69. The lowest BCUT2D eigenvalue weighted by molar-refractivity contribution is -0.384. The van der Waals surface area contributed by atoms with Crippen LogP contribution in [0.25, 0.3) is 0 Å². The van der Waals surface area contributed by atoms with E-state index in [1.807, 2.05) is 4.90 Å². The van der Waals surface area contributed by atoms with Crippen LogP contribution in [0.4, 0.5) is 15.8 Å². The van der Waals surface area contributed by atoms with Gasteiger partial charge < -0.3 is 9.80 Å². The van der Waals surface area contributed by atoms with Crippen molar-refractivity contribution < 1.29 is 14.1 Å². The van der Waals surface area contributed by atoms with Gasteiger partial charge in [-0.15, -0.1) is 11.8 Å². The van der Waals surface area contributed by atoms with E-state index < -0.39 is 4.92 Å². The molecule has 148 valence electrons. The Morgan fingerprint density at radius 2 is 1.82 bits per heavy atom. The summed E-state index contributed by atoms with van der Waals surface area (Å²) < 4.78 is 12.9. The number of nitro benzene ring substituents is 1. The van der Waals surface area contributed by atoms with E-state index in [-0.39, 0.29) is 17.4 Å². The SMILES string of the molecule is O=C(CCSc1ccc(F)cc1)N1CCN(c2ccc(Cl)cc2[N+](=O)[O-])CC1. The summed E-state index contributed by atoms with van der Waals surface area (Å²) in [6.45, 7) is 2.08. The van der Waals surface area contributed by atoms with E-state index in [0.29, 0.717) is 49.1 Å². The number of thioether (sulfide) groups is 1. The Hall–Kier alpha value is -2.32. The first-order chi connectivity index (χ1) is 13.4. The molecule has 0 aromatic heterocycles. The Bertz CT molecular complexity index is 858. The van der Waals surface area contributed by atoms with Crippen LogP contribution >= 0.6 is 23.4 Å². The molecule has 2 aromatic rings. The van der Waals surface area contributed by atoms with Gasteiger partial charge in [0.15, 0.2) is 0 Å². The summed E-state index contributed by atoms with van der Waals surface area (Å²) in [6.07, 6.45) is 0.392. The molecule has 28 heavy (non-hydrogen) atoms. The van der Waals surface area contributed by atoms with Crippen molar-refractivity contribution in [1.29, 1.82) is 0 Å². The minimum Gasteiger partial charge on any atom is -0.362 e. The van der Waals surface area contributed by atoms with Gasteiger partial charge in [0, 0.05) is 54.3 Å². The van der Waals surface area contributed by atoms with Crippen LogP contribution in [0.3, 0.4) is 0 Å². The molecule has 2 aromatic carbocycles. The number of hydrogen-bond donors (Lipinski definition) is 0. The molecular weight excluding hydrogens is 405 g/mol. The van der Waals surface area contributed by atoms with Crippen molar-refractivity contribution in [2.75, 3.05) is 36.8 Å². The van der Waals surface area contributed by atoms with Gasteiger partial charge in [-0.3, -0.25) is 14.9 Å². The molecule has 0 saturated carbocycles. The standard InChI is InChI=1S/C19H19ClFN3O3S/c20-14-1-6-17(18(13-14)24(26)27)22-8-10-23(11-9-22)19(25)7-12-28-16-4-2-15(21)3-5-16/h1-6,13H,7-12H2. The van der Waals surface area contributed by atoms with Crippen molar-refractivity contribution in [2.45, 2.75) is 11.3 Å². The minimum atomic E-state index is -0.439. The number of carbonyl (C=O) groups excluding carboxylic acids is 1. The van der Waals surface area contributed by atoms with Crippen molar-refractivity contribution in [3.05, 3.63) is 63.4 Å². The van der Waals surface area contributed by atoms with Gasteiger partial charge in [0.05, 0.1) is 4.92 Å². The number of rotatable bonds is 6. The second kappa shape index (κ2) is 9.25. The fourth-order valence-electron chi connectivity index (χ4n) is 3.05. The van der Waals surface area contributed by atoms with Crippen LogP contribution in [0.15, 0.2) is 47.4 Å². The lowest BCUT2D eigenvalue weighted by Gasteiger charge is -2.35. The first-order valence-electron chi connectivity index (χ1n) is 8.79. The van der Waals surface area contributed by atoms with E-state index >= 15 is 0 Å². The molecule has 0 aliphatic carbocycles. The maximum absolute atomic E-state index is 12.9. The number of nitrogens with zero attached hydrogens (tertiary/aromatic N) is 3. The first-order valence-corrected chi connectivity index (χ1v) is 10.2. The van der Waals surface area contributed by atoms with E-state index in [2.05, 4.69) is 0 Å². The maximum Gasteiger partial charge on any atom is 0.294 e. The number of halogens is 2. The largest absolute Gasteiger partial charge is 0.362 e. The van der Waals surface area contributed by atoms with Gasteiger partial charge in [-0.05, 0) is 36.4 Å². The van der Waals surface area contributed by atoms with Gasteiger partial charge >= 0.3 is 0 Å². The van der Waals surface area contributed by atoms with Crippen molar-refractivity contribution in [1.82, 2.24) is 4.90 Å². The molecule has 1 saturated heterocycles.